The highest BCUT2D eigenvalue weighted by atomic mass is 127. The molecule has 2 heterocycles. The van der Waals surface area contributed by atoms with Crippen molar-refractivity contribution in [3.63, 3.8) is 0 Å². The Kier molecular flexibility index (Phi) is 6.59. The molecule has 1 aromatic heterocycles. The largest absolute Gasteiger partial charge is 0.361 e. The third kappa shape index (κ3) is 4.53. The second-order valence-corrected chi connectivity index (χ2v) is 9.77. The summed E-state index contributed by atoms with van der Waals surface area (Å²) in [5.74, 6) is 1.07. The maximum Gasteiger partial charge on any atom is 0.220 e. The van der Waals surface area contributed by atoms with E-state index in [2.05, 4.69) is 46.5 Å². The molecule has 2 aromatic rings. The summed E-state index contributed by atoms with van der Waals surface area (Å²) >= 11 is 1.80. The summed E-state index contributed by atoms with van der Waals surface area (Å²) in [7, 11) is 0. The second-order valence-electron chi connectivity index (χ2n) is 8.57. The Labute approximate surface area is 186 Å². The van der Waals surface area contributed by atoms with Crippen LogP contribution in [0.3, 0.4) is 0 Å². The fourth-order valence-electron chi connectivity index (χ4n) is 5.33. The van der Waals surface area contributed by atoms with E-state index in [9.17, 15) is 9.59 Å². The number of aromatic amines is 1. The van der Waals surface area contributed by atoms with Gasteiger partial charge in [-0.15, -0.1) is 0 Å². The van der Waals surface area contributed by atoms with Crippen molar-refractivity contribution in [2.45, 2.75) is 57.4 Å². The van der Waals surface area contributed by atoms with Gasteiger partial charge in [0.05, 0.1) is 0 Å². The summed E-state index contributed by atoms with van der Waals surface area (Å²) in [4.78, 5) is 29.4. The number of hydrogen-bond donors (Lipinski definition) is 2. The number of halogens is 1. The molecule has 0 radical (unpaired) electrons. The first-order valence-corrected chi connectivity index (χ1v) is 11.9. The zero-order valence-corrected chi connectivity index (χ0v) is 19.2. The first-order chi connectivity index (χ1) is 14.1. The van der Waals surface area contributed by atoms with Crippen molar-refractivity contribution < 1.29 is 9.59 Å². The van der Waals surface area contributed by atoms with Crippen molar-refractivity contribution in [3.05, 3.63) is 35.5 Å². The molecule has 2 N–H and O–H groups in total. The highest BCUT2D eigenvalue weighted by Gasteiger charge is 2.40. The van der Waals surface area contributed by atoms with Crippen LogP contribution in [0.25, 0.3) is 10.9 Å². The number of benzene rings is 1. The molecule has 1 amide bonds. The summed E-state index contributed by atoms with van der Waals surface area (Å²) in [6.07, 6.45) is 7.15. The molecule has 1 aliphatic carbocycles. The summed E-state index contributed by atoms with van der Waals surface area (Å²) in [5, 5.41) is 4.57. The van der Waals surface area contributed by atoms with Crippen LogP contribution in [-0.4, -0.2) is 45.3 Å². The Bertz CT molecular complexity index is 893. The van der Waals surface area contributed by atoms with Gasteiger partial charge in [0, 0.05) is 55.0 Å². The van der Waals surface area contributed by atoms with Crippen LogP contribution in [0, 0.1) is 5.92 Å². The van der Waals surface area contributed by atoms with E-state index in [-0.39, 0.29) is 9.70 Å². The number of carbonyl (C=O) groups excluding carboxylic acids is 2. The molecular weight excluding hydrogens is 477 g/mol. The van der Waals surface area contributed by atoms with Gasteiger partial charge in [0.2, 0.25) is 5.91 Å². The first kappa shape index (κ1) is 20.8. The van der Waals surface area contributed by atoms with Crippen LogP contribution in [0.4, 0.5) is 0 Å². The number of H-pyrrole nitrogens is 1. The van der Waals surface area contributed by atoms with Gasteiger partial charge in [0.25, 0.3) is 0 Å². The van der Waals surface area contributed by atoms with Crippen molar-refractivity contribution in [2.75, 3.05) is 19.6 Å². The van der Waals surface area contributed by atoms with Crippen LogP contribution in [0.2, 0.25) is 0 Å². The van der Waals surface area contributed by atoms with Crippen molar-refractivity contribution in [3.8, 4) is 0 Å². The molecule has 0 bridgehead atoms. The highest BCUT2D eigenvalue weighted by Crippen LogP contribution is 2.44. The number of likely N-dealkylation sites (tertiary alicyclic amines) is 1. The Hall–Kier alpha value is -1.41. The monoisotopic (exact) mass is 507 g/mol. The smallest absolute Gasteiger partial charge is 0.220 e. The quantitative estimate of drug-likeness (QED) is 0.417. The van der Waals surface area contributed by atoms with Gasteiger partial charge in [-0.1, -0.05) is 19.1 Å². The zero-order chi connectivity index (χ0) is 20.4. The van der Waals surface area contributed by atoms with Crippen molar-refractivity contribution in [1.82, 2.24) is 15.2 Å². The minimum Gasteiger partial charge on any atom is -0.361 e. The second kappa shape index (κ2) is 9.16. The fraction of sp³-hybridized carbons (Fsp3) is 0.565. The highest BCUT2D eigenvalue weighted by molar-refractivity contribution is 14.1. The molecule has 1 aliphatic heterocycles. The first-order valence-electron chi connectivity index (χ1n) is 10.8. The Morgan fingerprint density at radius 3 is 2.97 bits per heavy atom. The predicted molar refractivity (Wildman–Crippen MR) is 124 cm³/mol. The molecule has 3 atom stereocenters. The van der Waals surface area contributed by atoms with Crippen LogP contribution in [0.5, 0.6) is 0 Å². The lowest BCUT2D eigenvalue weighted by atomic mass is 9.72. The minimum atomic E-state index is 0.0745. The van der Waals surface area contributed by atoms with Crippen LogP contribution in [0.1, 0.15) is 56.1 Å². The van der Waals surface area contributed by atoms with E-state index in [0.717, 1.165) is 38.9 Å². The van der Waals surface area contributed by atoms with Crippen molar-refractivity contribution in [1.29, 1.82) is 0 Å². The molecule has 2 unspecified atom stereocenters. The van der Waals surface area contributed by atoms with Crippen LogP contribution in [-0.2, 0) is 16.0 Å². The van der Waals surface area contributed by atoms with E-state index in [4.69, 9.17) is 0 Å². The average Bonchev–Trinajstić information content (AvgIpc) is 3.11. The Morgan fingerprint density at radius 1 is 1.31 bits per heavy atom. The van der Waals surface area contributed by atoms with Gasteiger partial charge in [0.15, 0.2) is 3.79 Å². The third-order valence-corrected chi connectivity index (χ3v) is 7.08. The summed E-state index contributed by atoms with van der Waals surface area (Å²) < 4.78 is 0.125. The van der Waals surface area contributed by atoms with E-state index in [1.54, 1.807) is 22.6 Å². The summed E-state index contributed by atoms with van der Waals surface area (Å²) in [6.45, 7) is 5.15. The Morgan fingerprint density at radius 2 is 2.17 bits per heavy atom. The number of aromatic nitrogens is 1. The van der Waals surface area contributed by atoms with Gasteiger partial charge in [-0.2, -0.15) is 0 Å². The molecule has 1 aromatic carbocycles. The van der Waals surface area contributed by atoms with Crippen molar-refractivity contribution in [2.24, 2.45) is 5.92 Å². The molecule has 1 saturated heterocycles. The van der Waals surface area contributed by atoms with E-state index < -0.39 is 0 Å². The average molecular weight is 507 g/mol. The predicted octanol–water partition coefficient (Wildman–Crippen LogP) is 4.16. The maximum atomic E-state index is 12.2. The standard InChI is InChI=1S/C23H30IN3O2/c1-2-9-27-14-15(12-26-22(29)8-4-7-21(24)28)10-18-17-5-3-6-19-23(17)16(13-25-19)11-20(18)27/h3,5-6,13,15,18,20,25H,2,4,7-12,14H2,1H3,(H,26,29)/t15?,18?,20-/m1/s1. The topological polar surface area (TPSA) is 65.2 Å². The van der Waals surface area contributed by atoms with Crippen LogP contribution >= 0.6 is 22.6 Å². The molecular formula is C23H30IN3O2. The normalized spacial score (nSPS) is 23.7. The van der Waals surface area contributed by atoms with Gasteiger partial charge in [-0.25, -0.2) is 0 Å². The SMILES string of the molecule is CCCN1CC(CNC(=O)CCCC(=O)I)CC2c3cccc4[nH]cc(c34)C[C@H]21. The molecule has 1 fully saturated rings. The van der Waals surface area contributed by atoms with Gasteiger partial charge in [-0.05, 0) is 77.9 Å². The maximum absolute atomic E-state index is 12.2. The zero-order valence-electron chi connectivity index (χ0n) is 17.0. The number of hydrogen-bond acceptors (Lipinski definition) is 3. The number of piperidine rings is 1. The minimum absolute atomic E-state index is 0.0745. The van der Waals surface area contributed by atoms with Crippen LogP contribution < -0.4 is 5.32 Å². The number of fused-ring (bicyclic) bond motifs is 2. The third-order valence-electron chi connectivity index (χ3n) is 6.54. The van der Waals surface area contributed by atoms with E-state index >= 15 is 0 Å². The Balaban J connectivity index is 1.46. The van der Waals surface area contributed by atoms with E-state index in [1.807, 2.05) is 0 Å². The van der Waals surface area contributed by atoms with Gasteiger partial charge >= 0.3 is 0 Å². The molecule has 0 saturated carbocycles. The van der Waals surface area contributed by atoms with Gasteiger partial charge < -0.3 is 10.3 Å². The molecule has 4 rings (SSSR count). The number of amides is 1. The van der Waals surface area contributed by atoms with E-state index in [1.165, 1.54) is 22.0 Å². The van der Waals surface area contributed by atoms with Crippen molar-refractivity contribution >= 4 is 43.2 Å². The molecule has 29 heavy (non-hydrogen) atoms. The lowest BCUT2D eigenvalue weighted by molar-refractivity contribution is -0.121. The van der Waals surface area contributed by atoms with Gasteiger partial charge in [-0.3, -0.25) is 14.5 Å². The molecule has 6 heteroatoms. The fourth-order valence-corrected chi connectivity index (χ4v) is 5.71. The number of nitrogens with zero attached hydrogens (tertiary/aromatic N) is 1. The molecule has 5 nitrogen and oxygen atoms in total. The molecule has 0 spiro atoms. The van der Waals surface area contributed by atoms with Crippen LogP contribution in [0.15, 0.2) is 24.4 Å². The number of rotatable bonds is 8. The van der Waals surface area contributed by atoms with E-state index in [0.29, 0.717) is 37.1 Å². The number of carbonyl (C=O) groups is 2. The molecule has 156 valence electrons. The number of nitrogens with one attached hydrogen (secondary N) is 2. The lowest BCUT2D eigenvalue weighted by Crippen LogP contribution is -2.52. The summed E-state index contributed by atoms with van der Waals surface area (Å²) in [6, 6.07) is 7.21. The summed E-state index contributed by atoms with van der Waals surface area (Å²) in [5.41, 5.74) is 4.18. The molecule has 2 aliphatic rings. The van der Waals surface area contributed by atoms with Gasteiger partial charge in [0.1, 0.15) is 0 Å². The lowest BCUT2D eigenvalue weighted by Gasteiger charge is -2.47.